The smallest absolute Gasteiger partial charge is 0.261 e. The molecule has 1 amide bonds. The Kier molecular flexibility index (Phi) is 6.62. The molecule has 1 aromatic heterocycles. The molecule has 182 valence electrons. The molecule has 0 saturated carbocycles. The number of amides is 1. The van der Waals surface area contributed by atoms with Crippen molar-refractivity contribution in [1.82, 2.24) is 14.5 Å². The Hall–Kier alpha value is -3.72. The van der Waals surface area contributed by atoms with Crippen LogP contribution in [0, 0.1) is 12.7 Å². The summed E-state index contributed by atoms with van der Waals surface area (Å²) in [5.41, 5.74) is 3.49. The van der Waals surface area contributed by atoms with Crippen molar-refractivity contribution >= 4 is 32.7 Å². The van der Waals surface area contributed by atoms with Gasteiger partial charge in [0.15, 0.2) is 0 Å². The second kappa shape index (κ2) is 9.50. The largest absolute Gasteiger partial charge is 0.339 e. The molecule has 4 rings (SSSR count). The number of rotatable bonds is 7. The van der Waals surface area contributed by atoms with Crippen LogP contribution in [-0.4, -0.2) is 41.9 Å². The minimum atomic E-state index is -3.89. The van der Waals surface area contributed by atoms with Crippen LogP contribution in [0.3, 0.4) is 0 Å². The number of carbonyl (C=O) groups excluding carboxylic acids is 1. The van der Waals surface area contributed by atoms with Crippen LogP contribution in [0.5, 0.6) is 0 Å². The Balaban J connectivity index is 1.62. The Labute approximate surface area is 204 Å². The van der Waals surface area contributed by atoms with Gasteiger partial charge in [-0.2, -0.15) is 0 Å². The molecule has 0 fully saturated rings. The van der Waals surface area contributed by atoms with Crippen LogP contribution in [0.15, 0.2) is 65.6 Å². The number of aryl methyl sites for hydroxylation is 2. The molecule has 0 aliphatic carbocycles. The molecule has 4 aromatic rings. The number of nitrogens with zero attached hydrogens (tertiary/aromatic N) is 3. The van der Waals surface area contributed by atoms with E-state index in [0.29, 0.717) is 35.7 Å². The molecule has 0 spiro atoms. The first-order valence-corrected chi connectivity index (χ1v) is 12.8. The minimum absolute atomic E-state index is 0.0141. The van der Waals surface area contributed by atoms with Crippen LogP contribution in [-0.2, 0) is 17.1 Å². The third-order valence-corrected chi connectivity index (χ3v) is 7.39. The summed E-state index contributed by atoms with van der Waals surface area (Å²) in [5.74, 6) is 0.215. The predicted molar refractivity (Wildman–Crippen MR) is 135 cm³/mol. The van der Waals surface area contributed by atoms with Gasteiger partial charge >= 0.3 is 0 Å². The van der Waals surface area contributed by atoms with E-state index in [2.05, 4.69) is 4.72 Å². The lowest BCUT2D eigenvalue weighted by molar-refractivity contribution is 0.0773. The first-order valence-electron chi connectivity index (χ1n) is 11.3. The van der Waals surface area contributed by atoms with E-state index in [1.54, 1.807) is 35.2 Å². The van der Waals surface area contributed by atoms with Gasteiger partial charge < -0.3 is 9.47 Å². The SMILES string of the molecule is CCN(CC)C(=O)c1ccc(-c2nc3cc(NS(=O)(=O)c4ccc(F)c(C)c4)ccc3n2C)cc1. The quantitative estimate of drug-likeness (QED) is 0.393. The highest BCUT2D eigenvalue weighted by molar-refractivity contribution is 7.92. The van der Waals surface area contributed by atoms with E-state index in [-0.39, 0.29) is 16.4 Å². The average Bonchev–Trinajstić information content (AvgIpc) is 3.17. The van der Waals surface area contributed by atoms with Crippen molar-refractivity contribution in [3.63, 3.8) is 0 Å². The van der Waals surface area contributed by atoms with Gasteiger partial charge in [-0.1, -0.05) is 12.1 Å². The number of benzene rings is 3. The number of carbonyl (C=O) groups is 1. The van der Waals surface area contributed by atoms with Crippen LogP contribution in [0.2, 0.25) is 0 Å². The molecule has 1 N–H and O–H groups in total. The van der Waals surface area contributed by atoms with E-state index in [1.165, 1.54) is 19.1 Å². The number of anilines is 1. The predicted octanol–water partition coefficient (Wildman–Crippen LogP) is 4.97. The zero-order chi connectivity index (χ0) is 25.3. The Morgan fingerprint density at radius 2 is 1.71 bits per heavy atom. The van der Waals surface area contributed by atoms with Gasteiger partial charge in [-0.3, -0.25) is 9.52 Å². The lowest BCUT2D eigenvalue weighted by atomic mass is 10.1. The van der Waals surface area contributed by atoms with Crippen molar-refractivity contribution < 1.29 is 17.6 Å². The number of aromatic nitrogens is 2. The van der Waals surface area contributed by atoms with Gasteiger partial charge in [-0.05, 0) is 74.9 Å². The van der Waals surface area contributed by atoms with Crippen LogP contribution in [0.4, 0.5) is 10.1 Å². The summed E-state index contributed by atoms with van der Waals surface area (Å²) in [7, 11) is -2.01. The van der Waals surface area contributed by atoms with Crippen molar-refractivity contribution in [2.75, 3.05) is 17.8 Å². The molecule has 3 aromatic carbocycles. The van der Waals surface area contributed by atoms with Gasteiger partial charge in [0.05, 0.1) is 21.6 Å². The molecule has 0 unspecified atom stereocenters. The van der Waals surface area contributed by atoms with Crippen molar-refractivity contribution in [2.24, 2.45) is 7.05 Å². The average molecular weight is 495 g/mol. The fraction of sp³-hybridized carbons (Fsp3) is 0.231. The number of halogens is 1. The van der Waals surface area contributed by atoms with Gasteiger partial charge in [0, 0.05) is 31.3 Å². The summed E-state index contributed by atoms with van der Waals surface area (Å²) in [6.07, 6.45) is 0. The fourth-order valence-corrected chi connectivity index (χ4v) is 5.11. The van der Waals surface area contributed by atoms with E-state index >= 15 is 0 Å². The maximum Gasteiger partial charge on any atom is 0.261 e. The topological polar surface area (TPSA) is 84.3 Å². The number of hydrogen-bond acceptors (Lipinski definition) is 4. The minimum Gasteiger partial charge on any atom is -0.339 e. The Bertz CT molecular complexity index is 1510. The molecule has 0 atom stereocenters. The maximum absolute atomic E-state index is 13.6. The van der Waals surface area contributed by atoms with Gasteiger partial charge in [-0.15, -0.1) is 0 Å². The van der Waals surface area contributed by atoms with E-state index in [9.17, 15) is 17.6 Å². The zero-order valence-electron chi connectivity index (χ0n) is 20.0. The zero-order valence-corrected chi connectivity index (χ0v) is 20.9. The Morgan fingerprint density at radius 3 is 2.34 bits per heavy atom. The van der Waals surface area contributed by atoms with E-state index < -0.39 is 15.8 Å². The number of nitrogens with one attached hydrogen (secondary N) is 1. The summed E-state index contributed by atoms with van der Waals surface area (Å²) in [6, 6.07) is 16.1. The number of fused-ring (bicyclic) bond motifs is 1. The highest BCUT2D eigenvalue weighted by atomic mass is 32.2. The summed E-state index contributed by atoms with van der Waals surface area (Å²) in [6.45, 7) is 6.71. The van der Waals surface area contributed by atoms with Crippen molar-refractivity contribution in [3.8, 4) is 11.4 Å². The summed E-state index contributed by atoms with van der Waals surface area (Å²) in [4.78, 5) is 19.0. The highest BCUT2D eigenvalue weighted by Crippen LogP contribution is 2.27. The van der Waals surface area contributed by atoms with Gasteiger partial charge in [-0.25, -0.2) is 17.8 Å². The lowest BCUT2D eigenvalue weighted by Crippen LogP contribution is -2.30. The monoisotopic (exact) mass is 494 g/mol. The third-order valence-electron chi connectivity index (χ3n) is 6.01. The van der Waals surface area contributed by atoms with Crippen LogP contribution < -0.4 is 4.72 Å². The van der Waals surface area contributed by atoms with Crippen LogP contribution >= 0.6 is 0 Å². The standard InChI is InChI=1S/C26H27FN4O3S/c1-5-31(6-2)26(32)19-9-7-18(8-10-19)25-28-23-16-20(11-14-24(23)30(25)4)29-35(33,34)21-12-13-22(27)17(3)15-21/h7-16,29H,5-6H2,1-4H3. The normalized spacial score (nSPS) is 11.6. The van der Waals surface area contributed by atoms with Crippen molar-refractivity contribution in [2.45, 2.75) is 25.7 Å². The number of imidazole rings is 1. The second-order valence-electron chi connectivity index (χ2n) is 8.27. The number of hydrogen-bond donors (Lipinski definition) is 1. The summed E-state index contributed by atoms with van der Waals surface area (Å²) < 4.78 is 43.6. The Morgan fingerprint density at radius 1 is 1.03 bits per heavy atom. The van der Waals surface area contributed by atoms with Gasteiger partial charge in [0.1, 0.15) is 11.6 Å². The number of sulfonamides is 1. The summed E-state index contributed by atoms with van der Waals surface area (Å²) >= 11 is 0. The first-order chi connectivity index (χ1) is 16.6. The van der Waals surface area contributed by atoms with Crippen molar-refractivity contribution in [1.29, 1.82) is 0 Å². The molecular formula is C26H27FN4O3S. The summed E-state index contributed by atoms with van der Waals surface area (Å²) in [5, 5.41) is 0. The third kappa shape index (κ3) is 4.77. The molecule has 0 saturated heterocycles. The molecule has 0 aliphatic rings. The maximum atomic E-state index is 13.6. The van der Waals surface area contributed by atoms with E-state index in [4.69, 9.17) is 4.98 Å². The van der Waals surface area contributed by atoms with Gasteiger partial charge in [0.25, 0.3) is 15.9 Å². The second-order valence-corrected chi connectivity index (χ2v) is 9.95. The molecule has 0 bridgehead atoms. The van der Waals surface area contributed by atoms with E-state index in [0.717, 1.165) is 17.1 Å². The van der Waals surface area contributed by atoms with Crippen molar-refractivity contribution in [3.05, 3.63) is 77.6 Å². The molecule has 35 heavy (non-hydrogen) atoms. The lowest BCUT2D eigenvalue weighted by Gasteiger charge is -2.18. The highest BCUT2D eigenvalue weighted by Gasteiger charge is 2.18. The molecule has 7 nitrogen and oxygen atoms in total. The van der Waals surface area contributed by atoms with E-state index in [1.807, 2.05) is 37.6 Å². The van der Waals surface area contributed by atoms with Crippen LogP contribution in [0.1, 0.15) is 29.8 Å². The van der Waals surface area contributed by atoms with Crippen LogP contribution in [0.25, 0.3) is 22.4 Å². The molecule has 0 radical (unpaired) electrons. The first kappa shape index (κ1) is 24.4. The molecule has 1 heterocycles. The molecule has 0 aliphatic heterocycles. The molecular weight excluding hydrogens is 467 g/mol. The van der Waals surface area contributed by atoms with Gasteiger partial charge in [0.2, 0.25) is 0 Å². The fourth-order valence-electron chi connectivity index (χ4n) is 3.98. The molecule has 9 heteroatoms.